The first-order valence-electron chi connectivity index (χ1n) is 9.11. The summed E-state index contributed by atoms with van der Waals surface area (Å²) in [5, 5.41) is 3.00. The normalized spacial score (nSPS) is 12.1. The van der Waals surface area contributed by atoms with Gasteiger partial charge >= 0.3 is 0 Å². The lowest BCUT2D eigenvalue weighted by Gasteiger charge is -2.16. The minimum absolute atomic E-state index is 0.0104. The molecule has 0 saturated carbocycles. The first-order chi connectivity index (χ1) is 12.7. The van der Waals surface area contributed by atoms with E-state index in [9.17, 15) is 4.79 Å². The van der Waals surface area contributed by atoms with Crippen LogP contribution < -0.4 is 10.1 Å². The number of imidazole rings is 1. The van der Waals surface area contributed by atoms with Gasteiger partial charge < -0.3 is 14.6 Å². The van der Waals surface area contributed by atoms with Crippen LogP contribution in [-0.4, -0.2) is 22.1 Å². The molecule has 26 heavy (non-hydrogen) atoms. The van der Waals surface area contributed by atoms with Crippen LogP contribution in [0.1, 0.15) is 38.6 Å². The number of fused-ring (bicyclic) bond motifs is 1. The molecule has 0 aliphatic rings. The Morgan fingerprint density at radius 2 is 1.88 bits per heavy atom. The number of para-hydroxylation sites is 3. The van der Waals surface area contributed by atoms with Gasteiger partial charge in [0.25, 0.3) is 5.91 Å². The monoisotopic (exact) mass is 351 g/mol. The topological polar surface area (TPSA) is 56.2 Å². The summed E-state index contributed by atoms with van der Waals surface area (Å²) in [6.07, 6.45) is 2.18. The van der Waals surface area contributed by atoms with Gasteiger partial charge in [0, 0.05) is 6.54 Å². The Kier molecular flexibility index (Phi) is 5.89. The van der Waals surface area contributed by atoms with Crippen LogP contribution in [0.25, 0.3) is 11.0 Å². The molecule has 1 aromatic heterocycles. The van der Waals surface area contributed by atoms with Crippen LogP contribution in [0.15, 0.2) is 54.6 Å². The van der Waals surface area contributed by atoms with Crippen LogP contribution >= 0.6 is 0 Å². The highest BCUT2D eigenvalue weighted by Crippen LogP contribution is 2.21. The van der Waals surface area contributed by atoms with E-state index in [1.54, 1.807) is 0 Å². The van der Waals surface area contributed by atoms with Crippen LogP contribution in [-0.2, 0) is 11.3 Å². The van der Waals surface area contributed by atoms with Crippen molar-refractivity contribution in [3.63, 3.8) is 0 Å². The predicted molar refractivity (Wildman–Crippen MR) is 103 cm³/mol. The van der Waals surface area contributed by atoms with Crippen molar-refractivity contribution in [2.75, 3.05) is 6.61 Å². The smallest absolute Gasteiger partial charge is 0.258 e. The van der Waals surface area contributed by atoms with E-state index in [0.29, 0.717) is 5.75 Å². The molecule has 1 atom stereocenters. The van der Waals surface area contributed by atoms with Crippen LogP contribution in [0, 0.1) is 0 Å². The van der Waals surface area contributed by atoms with Crippen LogP contribution in [0.3, 0.4) is 0 Å². The second kappa shape index (κ2) is 8.52. The molecule has 1 N–H and O–H groups in total. The largest absolute Gasteiger partial charge is 0.484 e. The molecule has 3 rings (SSSR count). The number of ether oxygens (including phenoxy) is 1. The maximum Gasteiger partial charge on any atom is 0.258 e. The molecular weight excluding hydrogens is 326 g/mol. The first-order valence-corrected chi connectivity index (χ1v) is 9.11. The van der Waals surface area contributed by atoms with E-state index < -0.39 is 0 Å². The van der Waals surface area contributed by atoms with Crippen molar-refractivity contribution in [2.45, 2.75) is 39.3 Å². The van der Waals surface area contributed by atoms with E-state index in [2.05, 4.69) is 22.9 Å². The van der Waals surface area contributed by atoms with E-state index in [1.165, 1.54) is 0 Å². The summed E-state index contributed by atoms with van der Waals surface area (Å²) in [6.45, 7) is 5.02. The quantitative estimate of drug-likeness (QED) is 0.665. The maximum atomic E-state index is 12.3. The third kappa shape index (κ3) is 4.23. The molecule has 0 bridgehead atoms. The number of hydrogen-bond acceptors (Lipinski definition) is 3. The molecule has 136 valence electrons. The lowest BCUT2D eigenvalue weighted by atomic mass is 10.2. The fraction of sp³-hybridized carbons (Fsp3) is 0.333. The van der Waals surface area contributed by atoms with Gasteiger partial charge in [-0.1, -0.05) is 43.7 Å². The Morgan fingerprint density at radius 1 is 1.15 bits per heavy atom. The van der Waals surface area contributed by atoms with Gasteiger partial charge in [-0.2, -0.15) is 0 Å². The summed E-state index contributed by atoms with van der Waals surface area (Å²) in [5.74, 6) is 1.41. The van der Waals surface area contributed by atoms with Crippen molar-refractivity contribution >= 4 is 16.9 Å². The molecule has 3 aromatic rings. The highest BCUT2D eigenvalue weighted by atomic mass is 16.5. The second-order valence-electron chi connectivity index (χ2n) is 6.35. The number of hydrogen-bond donors (Lipinski definition) is 1. The van der Waals surface area contributed by atoms with Gasteiger partial charge in [0.1, 0.15) is 11.6 Å². The molecular formula is C21H25N3O2. The zero-order chi connectivity index (χ0) is 18.4. The van der Waals surface area contributed by atoms with E-state index in [0.717, 1.165) is 36.2 Å². The minimum atomic E-state index is -0.189. The standard InChI is InChI=1S/C21H25N3O2/c1-3-4-14-24-19-13-9-8-12-18(19)23-21(24)16(2)22-20(25)15-26-17-10-6-5-7-11-17/h5-13,16H,3-4,14-15H2,1-2H3,(H,22,25)/t16-/m1/s1. The zero-order valence-electron chi connectivity index (χ0n) is 15.3. The van der Waals surface area contributed by atoms with Gasteiger partial charge in [0.15, 0.2) is 6.61 Å². The Bertz CT molecular complexity index is 858. The predicted octanol–water partition coefficient (Wildman–Crippen LogP) is 4.09. The minimum Gasteiger partial charge on any atom is -0.484 e. The number of rotatable bonds is 8. The third-order valence-electron chi connectivity index (χ3n) is 4.30. The van der Waals surface area contributed by atoms with Crippen molar-refractivity contribution in [1.29, 1.82) is 0 Å². The Balaban J connectivity index is 1.70. The van der Waals surface area contributed by atoms with Gasteiger partial charge in [0.2, 0.25) is 0 Å². The molecule has 5 heteroatoms. The van der Waals surface area contributed by atoms with Crippen molar-refractivity contribution in [3.05, 3.63) is 60.4 Å². The molecule has 0 aliphatic carbocycles. The average Bonchev–Trinajstić information content (AvgIpc) is 3.04. The van der Waals surface area contributed by atoms with Crippen molar-refractivity contribution in [2.24, 2.45) is 0 Å². The fourth-order valence-electron chi connectivity index (χ4n) is 2.99. The van der Waals surface area contributed by atoms with Gasteiger partial charge in [-0.05, 0) is 37.6 Å². The fourth-order valence-corrected chi connectivity index (χ4v) is 2.99. The lowest BCUT2D eigenvalue weighted by Crippen LogP contribution is -2.32. The molecule has 0 radical (unpaired) electrons. The van der Waals surface area contributed by atoms with Crippen molar-refractivity contribution in [3.8, 4) is 5.75 Å². The summed E-state index contributed by atoms with van der Waals surface area (Å²) < 4.78 is 7.73. The summed E-state index contributed by atoms with van der Waals surface area (Å²) >= 11 is 0. The van der Waals surface area contributed by atoms with E-state index in [4.69, 9.17) is 9.72 Å². The highest BCUT2D eigenvalue weighted by Gasteiger charge is 2.18. The average molecular weight is 351 g/mol. The molecule has 2 aromatic carbocycles. The molecule has 5 nitrogen and oxygen atoms in total. The Hall–Kier alpha value is -2.82. The number of unbranched alkanes of at least 4 members (excludes halogenated alkanes) is 1. The number of carbonyl (C=O) groups excluding carboxylic acids is 1. The lowest BCUT2D eigenvalue weighted by molar-refractivity contribution is -0.123. The number of aryl methyl sites for hydroxylation is 1. The number of amides is 1. The van der Waals surface area contributed by atoms with E-state index in [-0.39, 0.29) is 18.6 Å². The van der Waals surface area contributed by atoms with E-state index >= 15 is 0 Å². The van der Waals surface area contributed by atoms with Gasteiger partial charge in [-0.3, -0.25) is 4.79 Å². The SMILES string of the molecule is CCCCn1c([C@@H](C)NC(=O)COc2ccccc2)nc2ccccc21. The summed E-state index contributed by atoms with van der Waals surface area (Å²) in [5.41, 5.74) is 2.07. The third-order valence-corrected chi connectivity index (χ3v) is 4.30. The van der Waals surface area contributed by atoms with Gasteiger partial charge in [-0.15, -0.1) is 0 Å². The van der Waals surface area contributed by atoms with Crippen LogP contribution in [0.5, 0.6) is 5.75 Å². The molecule has 1 amide bonds. The summed E-state index contributed by atoms with van der Waals surface area (Å²) in [7, 11) is 0. The molecule has 1 heterocycles. The van der Waals surface area contributed by atoms with E-state index in [1.807, 2.05) is 55.5 Å². The van der Waals surface area contributed by atoms with Crippen molar-refractivity contribution < 1.29 is 9.53 Å². The number of nitrogens with one attached hydrogen (secondary N) is 1. The molecule has 0 spiro atoms. The highest BCUT2D eigenvalue weighted by molar-refractivity contribution is 5.79. The molecule has 0 fully saturated rings. The molecule has 0 aliphatic heterocycles. The summed E-state index contributed by atoms with van der Waals surface area (Å²) in [4.78, 5) is 17.0. The number of benzene rings is 2. The van der Waals surface area contributed by atoms with Crippen LogP contribution in [0.4, 0.5) is 0 Å². The number of aromatic nitrogens is 2. The maximum absolute atomic E-state index is 12.3. The van der Waals surface area contributed by atoms with Gasteiger partial charge in [0.05, 0.1) is 17.1 Å². The first kappa shape index (κ1) is 18.0. The van der Waals surface area contributed by atoms with Crippen molar-refractivity contribution in [1.82, 2.24) is 14.9 Å². The molecule has 0 saturated heterocycles. The van der Waals surface area contributed by atoms with Gasteiger partial charge in [-0.25, -0.2) is 4.98 Å². The summed E-state index contributed by atoms with van der Waals surface area (Å²) in [6, 6.07) is 17.2. The second-order valence-corrected chi connectivity index (χ2v) is 6.35. The zero-order valence-corrected chi connectivity index (χ0v) is 15.3. The van der Waals surface area contributed by atoms with Crippen LogP contribution in [0.2, 0.25) is 0 Å². The number of nitrogens with zero attached hydrogens (tertiary/aromatic N) is 2. The Morgan fingerprint density at radius 3 is 2.65 bits per heavy atom. The Labute approximate surface area is 154 Å². The molecule has 0 unspecified atom stereocenters. The number of carbonyl (C=O) groups is 1.